The Labute approximate surface area is 98.4 Å². The van der Waals surface area contributed by atoms with Gasteiger partial charge in [-0.15, -0.1) is 6.42 Å². The summed E-state index contributed by atoms with van der Waals surface area (Å²) in [6.07, 6.45) is 5.20. The van der Waals surface area contributed by atoms with Crippen LogP contribution in [0.5, 0.6) is 0 Å². The van der Waals surface area contributed by atoms with Crippen molar-refractivity contribution in [1.29, 1.82) is 5.26 Å². The summed E-state index contributed by atoms with van der Waals surface area (Å²) in [5.41, 5.74) is 1.03. The van der Waals surface area contributed by atoms with Crippen LogP contribution in [0, 0.1) is 23.7 Å². The Kier molecular flexibility index (Phi) is 4.29. The van der Waals surface area contributed by atoms with Gasteiger partial charge in [0.05, 0.1) is 6.07 Å². The molecule has 0 atom stereocenters. The van der Waals surface area contributed by atoms with Gasteiger partial charge in [0.25, 0.3) is 0 Å². The van der Waals surface area contributed by atoms with Gasteiger partial charge < -0.3 is 10.6 Å². The van der Waals surface area contributed by atoms with Crippen molar-refractivity contribution in [2.75, 3.05) is 11.9 Å². The van der Waals surface area contributed by atoms with Crippen LogP contribution in [0.4, 0.5) is 5.69 Å². The zero-order chi connectivity index (χ0) is 12.7. The lowest BCUT2D eigenvalue weighted by Crippen LogP contribution is -2.35. The molecule has 0 aromatic heterocycles. The quantitative estimate of drug-likeness (QED) is 0.431. The summed E-state index contributed by atoms with van der Waals surface area (Å²) in [4.78, 5) is 22.5. The van der Waals surface area contributed by atoms with Crippen LogP contribution >= 0.6 is 0 Å². The summed E-state index contributed by atoms with van der Waals surface area (Å²) < 4.78 is 0. The molecule has 84 valence electrons. The van der Waals surface area contributed by atoms with E-state index in [0.717, 1.165) is 0 Å². The molecule has 0 aliphatic rings. The fourth-order valence-electron chi connectivity index (χ4n) is 1.07. The van der Waals surface area contributed by atoms with Crippen molar-refractivity contribution in [2.45, 2.75) is 0 Å². The molecule has 17 heavy (non-hydrogen) atoms. The SMILES string of the molecule is C#Cc1cccc(NC(=O)C(=O)NCC#N)c1. The molecule has 0 aliphatic heterocycles. The number of amides is 2. The van der Waals surface area contributed by atoms with Crippen molar-refractivity contribution in [3.63, 3.8) is 0 Å². The van der Waals surface area contributed by atoms with Gasteiger partial charge in [-0.25, -0.2) is 0 Å². The van der Waals surface area contributed by atoms with Gasteiger partial charge in [0.2, 0.25) is 0 Å². The van der Waals surface area contributed by atoms with Crippen molar-refractivity contribution in [3.8, 4) is 18.4 Å². The van der Waals surface area contributed by atoms with E-state index in [2.05, 4.69) is 16.6 Å². The first-order chi connectivity index (χ1) is 8.17. The largest absolute Gasteiger partial charge is 0.335 e. The molecule has 2 amide bonds. The molecule has 5 heteroatoms. The summed E-state index contributed by atoms with van der Waals surface area (Å²) in [6.45, 7) is -0.212. The topological polar surface area (TPSA) is 82.0 Å². The van der Waals surface area contributed by atoms with E-state index in [1.807, 2.05) is 0 Å². The number of benzene rings is 1. The molecule has 0 radical (unpaired) electrons. The first-order valence-corrected chi connectivity index (χ1v) is 4.70. The zero-order valence-electron chi connectivity index (χ0n) is 8.86. The molecule has 1 aromatic rings. The zero-order valence-corrected chi connectivity index (χ0v) is 8.86. The van der Waals surface area contributed by atoms with E-state index in [1.54, 1.807) is 30.3 Å². The highest BCUT2D eigenvalue weighted by atomic mass is 16.2. The van der Waals surface area contributed by atoms with Gasteiger partial charge in [-0.2, -0.15) is 5.26 Å². The minimum atomic E-state index is -0.863. The molecule has 1 aromatic carbocycles. The van der Waals surface area contributed by atoms with Crippen LogP contribution < -0.4 is 10.6 Å². The predicted octanol–water partition coefficient (Wildman–Crippen LogP) is 0.246. The molecule has 5 nitrogen and oxygen atoms in total. The number of nitrogens with zero attached hydrogens (tertiary/aromatic N) is 1. The molecule has 0 bridgehead atoms. The first kappa shape index (κ1) is 12.3. The standard InChI is InChI=1S/C12H9N3O2/c1-2-9-4-3-5-10(8-9)15-12(17)11(16)14-7-6-13/h1,3-5,8H,7H2,(H,14,16)(H,15,17). The van der Waals surface area contributed by atoms with Gasteiger partial charge in [0.15, 0.2) is 0 Å². The highest BCUT2D eigenvalue weighted by molar-refractivity contribution is 6.39. The van der Waals surface area contributed by atoms with E-state index in [1.165, 1.54) is 0 Å². The third kappa shape index (κ3) is 3.69. The lowest BCUT2D eigenvalue weighted by atomic mass is 10.2. The van der Waals surface area contributed by atoms with Crippen molar-refractivity contribution < 1.29 is 9.59 Å². The second-order valence-electron chi connectivity index (χ2n) is 3.02. The summed E-state index contributed by atoms with van der Waals surface area (Å²) in [7, 11) is 0. The Hall–Kier alpha value is -2.79. The Morgan fingerprint density at radius 2 is 2.12 bits per heavy atom. The number of nitriles is 1. The van der Waals surface area contributed by atoms with Gasteiger partial charge in [-0.3, -0.25) is 9.59 Å². The molecular formula is C12H9N3O2. The monoisotopic (exact) mass is 227 g/mol. The van der Waals surface area contributed by atoms with Crippen LogP contribution in [0.25, 0.3) is 0 Å². The van der Waals surface area contributed by atoms with Gasteiger partial charge in [-0.05, 0) is 18.2 Å². The highest BCUT2D eigenvalue weighted by Crippen LogP contribution is 2.09. The minimum Gasteiger partial charge on any atom is -0.335 e. The van der Waals surface area contributed by atoms with Crippen molar-refractivity contribution >= 4 is 17.5 Å². The number of carbonyl (C=O) groups is 2. The molecule has 0 unspecified atom stereocenters. The maximum absolute atomic E-state index is 11.3. The molecule has 0 fully saturated rings. The van der Waals surface area contributed by atoms with Crippen molar-refractivity contribution in [2.24, 2.45) is 0 Å². The average molecular weight is 227 g/mol. The molecule has 0 heterocycles. The van der Waals surface area contributed by atoms with Crippen molar-refractivity contribution in [1.82, 2.24) is 5.32 Å². The smallest absolute Gasteiger partial charge is 0.313 e. The molecule has 0 saturated carbocycles. The normalized spacial score (nSPS) is 8.59. The lowest BCUT2D eigenvalue weighted by Gasteiger charge is -2.04. The maximum Gasteiger partial charge on any atom is 0.313 e. The number of anilines is 1. The van der Waals surface area contributed by atoms with E-state index >= 15 is 0 Å². The second kappa shape index (κ2) is 5.94. The van der Waals surface area contributed by atoms with Crippen LogP contribution in [0.2, 0.25) is 0 Å². The van der Waals surface area contributed by atoms with Gasteiger partial charge >= 0.3 is 11.8 Å². The first-order valence-electron chi connectivity index (χ1n) is 4.70. The highest BCUT2D eigenvalue weighted by Gasteiger charge is 2.12. The van der Waals surface area contributed by atoms with Gasteiger partial charge in [-0.1, -0.05) is 12.0 Å². The van der Waals surface area contributed by atoms with Crippen LogP contribution in [-0.2, 0) is 9.59 Å². The Morgan fingerprint density at radius 1 is 1.35 bits per heavy atom. The molecule has 1 rings (SSSR count). The Bertz CT molecular complexity index is 523. The number of hydrogen-bond donors (Lipinski definition) is 2. The third-order valence-corrected chi connectivity index (χ3v) is 1.82. The molecule has 0 aliphatic carbocycles. The fourth-order valence-corrected chi connectivity index (χ4v) is 1.07. The average Bonchev–Trinajstić information content (AvgIpc) is 2.36. The predicted molar refractivity (Wildman–Crippen MR) is 61.6 cm³/mol. The number of nitrogens with one attached hydrogen (secondary N) is 2. The molecule has 0 saturated heterocycles. The van der Waals surface area contributed by atoms with E-state index in [0.29, 0.717) is 11.3 Å². The van der Waals surface area contributed by atoms with E-state index in [9.17, 15) is 9.59 Å². The number of rotatable bonds is 2. The number of terminal acetylenes is 1. The van der Waals surface area contributed by atoms with Gasteiger partial charge in [0.1, 0.15) is 6.54 Å². The number of hydrogen-bond acceptors (Lipinski definition) is 3. The minimum absolute atomic E-state index is 0.212. The summed E-state index contributed by atoms with van der Waals surface area (Å²) in [6, 6.07) is 8.23. The van der Waals surface area contributed by atoms with Gasteiger partial charge in [0, 0.05) is 11.3 Å². The second-order valence-corrected chi connectivity index (χ2v) is 3.02. The summed E-state index contributed by atoms with van der Waals surface area (Å²) >= 11 is 0. The van der Waals surface area contributed by atoms with E-state index < -0.39 is 11.8 Å². The van der Waals surface area contributed by atoms with Crippen LogP contribution in [0.3, 0.4) is 0 Å². The van der Waals surface area contributed by atoms with Crippen molar-refractivity contribution in [3.05, 3.63) is 29.8 Å². The molecule has 2 N–H and O–H groups in total. The van der Waals surface area contributed by atoms with Crippen LogP contribution in [0.15, 0.2) is 24.3 Å². The summed E-state index contributed by atoms with van der Waals surface area (Å²) in [5, 5.41) is 12.7. The Balaban J connectivity index is 2.65. The Morgan fingerprint density at radius 3 is 2.76 bits per heavy atom. The van der Waals surface area contributed by atoms with Crippen LogP contribution in [0.1, 0.15) is 5.56 Å². The van der Waals surface area contributed by atoms with E-state index in [-0.39, 0.29) is 6.54 Å². The molecular weight excluding hydrogens is 218 g/mol. The summed E-state index contributed by atoms with van der Waals surface area (Å²) in [5.74, 6) is 0.707. The van der Waals surface area contributed by atoms with Crippen LogP contribution in [-0.4, -0.2) is 18.4 Å². The maximum atomic E-state index is 11.3. The van der Waals surface area contributed by atoms with E-state index in [4.69, 9.17) is 11.7 Å². The number of carbonyl (C=O) groups excluding carboxylic acids is 2. The fraction of sp³-hybridized carbons (Fsp3) is 0.0833. The lowest BCUT2D eigenvalue weighted by molar-refractivity contribution is -0.136. The molecule has 0 spiro atoms. The third-order valence-electron chi connectivity index (χ3n) is 1.82.